The number of nitrogens with one attached hydrogen (secondary N) is 1. The van der Waals surface area contributed by atoms with Gasteiger partial charge in [-0.1, -0.05) is 41.9 Å². The number of nitrogens with zero attached hydrogens (tertiary/aromatic N) is 1. The molecule has 10 heteroatoms. The molecule has 0 spiro atoms. The van der Waals surface area contributed by atoms with E-state index in [1.165, 1.54) is 7.11 Å². The fraction of sp³-hybridized carbons (Fsp3) is 0.115. The predicted octanol–water partition coefficient (Wildman–Crippen LogP) is 6.37. The van der Waals surface area contributed by atoms with Gasteiger partial charge in [0.25, 0.3) is 11.1 Å². The maximum atomic E-state index is 12.9. The van der Waals surface area contributed by atoms with Crippen molar-refractivity contribution in [3.05, 3.63) is 92.3 Å². The van der Waals surface area contributed by atoms with Gasteiger partial charge in [-0.3, -0.25) is 19.3 Å². The first-order chi connectivity index (χ1) is 17.3. The summed E-state index contributed by atoms with van der Waals surface area (Å²) >= 11 is 10.2. The molecule has 1 saturated heterocycles. The number of hydrogen-bond donors (Lipinski definition) is 1. The molecule has 1 fully saturated rings. The Labute approximate surface area is 225 Å². The smallest absolute Gasteiger partial charge is 0.294 e. The largest absolute Gasteiger partial charge is 0.493 e. The molecule has 1 aliphatic heterocycles. The molecule has 36 heavy (non-hydrogen) atoms. The lowest BCUT2D eigenvalue weighted by atomic mass is 10.1. The molecule has 0 aromatic heterocycles. The van der Waals surface area contributed by atoms with Crippen molar-refractivity contribution in [1.82, 2.24) is 4.90 Å². The molecule has 3 aromatic carbocycles. The summed E-state index contributed by atoms with van der Waals surface area (Å²) in [5.41, 5.74) is 2.14. The van der Waals surface area contributed by atoms with E-state index in [9.17, 15) is 14.4 Å². The second-order valence-electron chi connectivity index (χ2n) is 7.63. The highest BCUT2D eigenvalue weighted by Gasteiger charge is 2.36. The first-order valence-electron chi connectivity index (χ1n) is 10.7. The first-order valence-corrected chi connectivity index (χ1v) is 12.7. The summed E-state index contributed by atoms with van der Waals surface area (Å²) in [6.07, 6.45) is 1.58. The van der Waals surface area contributed by atoms with E-state index in [2.05, 4.69) is 21.2 Å². The molecule has 1 heterocycles. The van der Waals surface area contributed by atoms with E-state index in [0.717, 1.165) is 22.2 Å². The van der Waals surface area contributed by atoms with E-state index in [4.69, 9.17) is 21.1 Å². The number of benzene rings is 3. The minimum atomic E-state index is -0.536. The third-order valence-corrected chi connectivity index (χ3v) is 6.83. The predicted molar refractivity (Wildman–Crippen MR) is 144 cm³/mol. The topological polar surface area (TPSA) is 84.9 Å². The van der Waals surface area contributed by atoms with Crippen LogP contribution in [0.25, 0.3) is 6.08 Å². The maximum Gasteiger partial charge on any atom is 0.294 e. The van der Waals surface area contributed by atoms with Gasteiger partial charge in [0.15, 0.2) is 11.5 Å². The van der Waals surface area contributed by atoms with Gasteiger partial charge >= 0.3 is 0 Å². The van der Waals surface area contributed by atoms with Gasteiger partial charge in [0.1, 0.15) is 13.2 Å². The second-order valence-corrected chi connectivity index (χ2v) is 9.92. The normalized spacial score (nSPS) is 14.3. The van der Waals surface area contributed by atoms with E-state index in [0.29, 0.717) is 38.9 Å². The molecule has 4 rings (SSSR count). The molecule has 0 saturated carbocycles. The Morgan fingerprint density at radius 2 is 1.83 bits per heavy atom. The summed E-state index contributed by atoms with van der Waals surface area (Å²) < 4.78 is 12.0. The zero-order valence-electron chi connectivity index (χ0n) is 19.0. The molecule has 7 nitrogen and oxygen atoms in total. The minimum absolute atomic E-state index is 0.205. The van der Waals surface area contributed by atoms with Crippen LogP contribution in [-0.4, -0.2) is 35.6 Å². The van der Waals surface area contributed by atoms with Crippen molar-refractivity contribution >= 4 is 68.1 Å². The molecule has 0 radical (unpaired) electrons. The average molecular weight is 588 g/mol. The van der Waals surface area contributed by atoms with Gasteiger partial charge in [-0.05, 0) is 81.3 Å². The van der Waals surface area contributed by atoms with Crippen molar-refractivity contribution in [2.24, 2.45) is 0 Å². The monoisotopic (exact) mass is 586 g/mol. The van der Waals surface area contributed by atoms with Gasteiger partial charge in [-0.25, -0.2) is 0 Å². The van der Waals surface area contributed by atoms with Crippen LogP contribution in [0.3, 0.4) is 0 Å². The van der Waals surface area contributed by atoms with Crippen LogP contribution in [0.1, 0.15) is 11.1 Å². The molecular formula is C26H20BrClN2O5S. The molecular weight excluding hydrogens is 568 g/mol. The van der Waals surface area contributed by atoms with Crippen molar-refractivity contribution < 1.29 is 23.9 Å². The van der Waals surface area contributed by atoms with Crippen LogP contribution in [0.15, 0.2) is 76.1 Å². The first kappa shape index (κ1) is 25.8. The van der Waals surface area contributed by atoms with Gasteiger partial charge in [0.05, 0.1) is 16.5 Å². The molecule has 0 atom stereocenters. The van der Waals surface area contributed by atoms with E-state index in [1.54, 1.807) is 54.6 Å². The molecule has 1 N–H and O–H groups in total. The zero-order chi connectivity index (χ0) is 25.7. The van der Waals surface area contributed by atoms with Gasteiger partial charge in [-0.15, -0.1) is 0 Å². The van der Waals surface area contributed by atoms with Crippen molar-refractivity contribution in [1.29, 1.82) is 0 Å². The fourth-order valence-corrected chi connectivity index (χ4v) is 4.89. The third kappa shape index (κ3) is 6.29. The Kier molecular flexibility index (Phi) is 8.35. The van der Waals surface area contributed by atoms with E-state index in [1.807, 2.05) is 18.2 Å². The Bertz CT molecular complexity index is 1330. The molecule has 0 bridgehead atoms. The summed E-state index contributed by atoms with van der Waals surface area (Å²) in [4.78, 5) is 38.8. The number of carbonyl (C=O) groups is 3. The summed E-state index contributed by atoms with van der Waals surface area (Å²) in [7, 11) is 1.51. The number of ether oxygens (including phenoxy) is 2. The van der Waals surface area contributed by atoms with E-state index in [-0.39, 0.29) is 11.4 Å². The third-order valence-electron chi connectivity index (χ3n) is 5.08. The summed E-state index contributed by atoms with van der Waals surface area (Å²) in [5, 5.41) is 2.80. The number of halogens is 2. The number of hydrogen-bond acceptors (Lipinski definition) is 6. The molecule has 3 aromatic rings. The number of carbonyl (C=O) groups excluding carboxylic acids is 3. The van der Waals surface area contributed by atoms with Crippen LogP contribution in [0, 0.1) is 0 Å². The highest BCUT2D eigenvalue weighted by Crippen LogP contribution is 2.39. The Hall–Kier alpha value is -3.27. The van der Waals surface area contributed by atoms with Crippen molar-refractivity contribution in [2.45, 2.75) is 6.61 Å². The van der Waals surface area contributed by atoms with Crippen LogP contribution >= 0.6 is 39.3 Å². The fourth-order valence-electron chi connectivity index (χ4n) is 3.35. The van der Waals surface area contributed by atoms with Crippen LogP contribution in [-0.2, 0) is 16.2 Å². The second kappa shape index (κ2) is 11.6. The van der Waals surface area contributed by atoms with E-state index < -0.39 is 17.1 Å². The number of methoxy groups -OCH3 is 1. The molecule has 1 aliphatic rings. The minimum Gasteiger partial charge on any atom is -0.493 e. The number of rotatable bonds is 8. The van der Waals surface area contributed by atoms with E-state index >= 15 is 0 Å². The van der Waals surface area contributed by atoms with Gasteiger partial charge in [-0.2, -0.15) is 0 Å². The SMILES string of the molecule is COc1cc(/C=C2\SC(=O)N(CC(=O)Nc3ccccc3)C2=O)cc(Br)c1OCc1ccc(Cl)cc1. The highest BCUT2D eigenvalue weighted by molar-refractivity contribution is 9.10. The number of para-hydroxylation sites is 1. The Balaban J connectivity index is 1.47. The molecule has 3 amide bonds. The molecule has 0 unspecified atom stereocenters. The lowest BCUT2D eigenvalue weighted by Gasteiger charge is -2.14. The summed E-state index contributed by atoms with van der Waals surface area (Å²) in [5.74, 6) is -0.0518. The lowest BCUT2D eigenvalue weighted by Crippen LogP contribution is -2.36. The Morgan fingerprint density at radius 1 is 1.11 bits per heavy atom. The van der Waals surface area contributed by atoms with Crippen LogP contribution < -0.4 is 14.8 Å². The van der Waals surface area contributed by atoms with Crippen LogP contribution in [0.2, 0.25) is 5.02 Å². The number of imide groups is 1. The number of amides is 3. The van der Waals surface area contributed by atoms with Crippen molar-refractivity contribution in [2.75, 3.05) is 19.0 Å². The molecule has 0 aliphatic carbocycles. The van der Waals surface area contributed by atoms with Crippen molar-refractivity contribution in [3.63, 3.8) is 0 Å². The van der Waals surface area contributed by atoms with Crippen molar-refractivity contribution in [3.8, 4) is 11.5 Å². The lowest BCUT2D eigenvalue weighted by molar-refractivity contribution is -0.127. The quantitative estimate of drug-likeness (QED) is 0.309. The zero-order valence-corrected chi connectivity index (χ0v) is 22.2. The number of thioether (sulfide) groups is 1. The molecule has 184 valence electrons. The summed E-state index contributed by atoms with van der Waals surface area (Å²) in [6, 6.07) is 19.6. The van der Waals surface area contributed by atoms with Crippen LogP contribution in [0.5, 0.6) is 11.5 Å². The summed E-state index contributed by atoms with van der Waals surface area (Å²) in [6.45, 7) is -0.0726. The van der Waals surface area contributed by atoms with Gasteiger partial charge < -0.3 is 14.8 Å². The average Bonchev–Trinajstić information content (AvgIpc) is 3.12. The van der Waals surface area contributed by atoms with Gasteiger partial charge in [0.2, 0.25) is 5.91 Å². The van der Waals surface area contributed by atoms with Crippen LogP contribution in [0.4, 0.5) is 10.5 Å². The van der Waals surface area contributed by atoms with Gasteiger partial charge in [0, 0.05) is 10.7 Å². The standard InChI is InChI=1S/C26H20BrClN2O5S/c1-34-21-12-17(11-20(27)24(21)35-15-16-7-9-18(28)10-8-16)13-22-25(32)30(26(33)36-22)14-23(31)29-19-5-3-2-4-6-19/h2-13H,14-15H2,1H3,(H,29,31)/b22-13-. The number of anilines is 1. The Morgan fingerprint density at radius 3 is 2.53 bits per heavy atom. The maximum absolute atomic E-state index is 12.9. The highest BCUT2D eigenvalue weighted by atomic mass is 79.9.